The normalized spacial score (nSPS) is 12.4. The molecule has 0 fully saturated rings. The molecule has 0 spiro atoms. The number of carboxylic acids is 1. The van der Waals surface area contributed by atoms with Crippen molar-refractivity contribution in [3.05, 3.63) is 23.8 Å². The molecular weight excluding hydrogens is 350 g/mol. The van der Waals surface area contributed by atoms with E-state index in [0.29, 0.717) is 29.6 Å². The van der Waals surface area contributed by atoms with E-state index in [2.05, 4.69) is 19.2 Å². The monoisotopic (exact) mass is 381 g/mol. The average molecular weight is 381 g/mol. The zero-order valence-electron chi connectivity index (χ0n) is 17.0. The third kappa shape index (κ3) is 8.19. The molecule has 1 aromatic rings. The molecule has 0 heterocycles. The summed E-state index contributed by atoms with van der Waals surface area (Å²) in [6.07, 6.45) is 0.124. The van der Waals surface area contributed by atoms with Crippen LogP contribution in [0.15, 0.2) is 18.2 Å². The Hall–Kier alpha value is -2.44. The van der Waals surface area contributed by atoms with Gasteiger partial charge >= 0.3 is 12.1 Å². The highest BCUT2D eigenvalue weighted by molar-refractivity contribution is 5.80. The minimum atomic E-state index is -1.16. The van der Waals surface area contributed by atoms with Crippen molar-refractivity contribution in [1.82, 2.24) is 5.32 Å². The van der Waals surface area contributed by atoms with Crippen molar-refractivity contribution in [2.24, 2.45) is 5.92 Å². The minimum Gasteiger partial charge on any atom is -0.493 e. The molecule has 27 heavy (non-hydrogen) atoms. The number of hydrogen-bond donors (Lipinski definition) is 2. The smallest absolute Gasteiger partial charge is 0.408 e. The van der Waals surface area contributed by atoms with E-state index in [4.69, 9.17) is 14.2 Å². The van der Waals surface area contributed by atoms with E-state index >= 15 is 0 Å². The standard InChI is InChI=1S/C20H31NO6/c1-13(2)10-11-26-17-14(8-7-9-16(17)25-6)12-15(18(22)23)21-19(24)27-20(3,4)5/h7-9,13,15H,10-12H2,1-6H3,(H,21,24)(H,22,23). The van der Waals surface area contributed by atoms with Gasteiger partial charge in [0.15, 0.2) is 11.5 Å². The molecule has 0 aromatic heterocycles. The zero-order valence-corrected chi connectivity index (χ0v) is 17.0. The van der Waals surface area contributed by atoms with Crippen LogP contribution in [-0.2, 0) is 16.0 Å². The third-order valence-corrected chi connectivity index (χ3v) is 3.64. The van der Waals surface area contributed by atoms with Crippen LogP contribution < -0.4 is 14.8 Å². The van der Waals surface area contributed by atoms with Crippen LogP contribution in [0, 0.1) is 5.92 Å². The Labute approximate surface area is 161 Å². The van der Waals surface area contributed by atoms with Gasteiger partial charge in [0.2, 0.25) is 0 Å². The second-order valence-electron chi connectivity index (χ2n) is 7.72. The highest BCUT2D eigenvalue weighted by atomic mass is 16.6. The summed E-state index contributed by atoms with van der Waals surface area (Å²) in [5, 5.41) is 11.9. The van der Waals surface area contributed by atoms with Crippen molar-refractivity contribution in [2.75, 3.05) is 13.7 Å². The minimum absolute atomic E-state index is 0.0444. The summed E-state index contributed by atoms with van der Waals surface area (Å²) >= 11 is 0. The Balaban J connectivity index is 2.97. The SMILES string of the molecule is COc1cccc(CC(NC(=O)OC(C)(C)C)C(=O)O)c1OCCC(C)C. The molecule has 0 saturated carbocycles. The number of para-hydroxylation sites is 1. The number of rotatable bonds is 9. The highest BCUT2D eigenvalue weighted by Crippen LogP contribution is 2.32. The van der Waals surface area contributed by atoms with Crippen LogP contribution >= 0.6 is 0 Å². The third-order valence-electron chi connectivity index (χ3n) is 3.64. The molecule has 2 N–H and O–H groups in total. The van der Waals surface area contributed by atoms with Gasteiger partial charge in [0.05, 0.1) is 13.7 Å². The van der Waals surface area contributed by atoms with Gasteiger partial charge < -0.3 is 24.6 Å². The van der Waals surface area contributed by atoms with E-state index < -0.39 is 23.7 Å². The fourth-order valence-corrected chi connectivity index (χ4v) is 2.31. The first-order valence-corrected chi connectivity index (χ1v) is 9.04. The Bertz CT molecular complexity index is 636. The number of ether oxygens (including phenoxy) is 3. The zero-order chi connectivity index (χ0) is 20.6. The Morgan fingerprint density at radius 1 is 1.22 bits per heavy atom. The van der Waals surface area contributed by atoms with E-state index in [1.54, 1.807) is 39.0 Å². The number of methoxy groups -OCH3 is 1. The van der Waals surface area contributed by atoms with Gasteiger partial charge in [0.25, 0.3) is 0 Å². The molecule has 0 saturated heterocycles. The molecule has 0 bridgehead atoms. The van der Waals surface area contributed by atoms with Gasteiger partial charge in [-0.3, -0.25) is 0 Å². The van der Waals surface area contributed by atoms with Crippen LogP contribution in [-0.4, -0.2) is 42.5 Å². The number of alkyl carbamates (subject to hydrolysis) is 1. The maximum Gasteiger partial charge on any atom is 0.408 e. The fourth-order valence-electron chi connectivity index (χ4n) is 2.31. The van der Waals surface area contributed by atoms with Crippen molar-refractivity contribution in [3.63, 3.8) is 0 Å². The first kappa shape index (κ1) is 22.6. The van der Waals surface area contributed by atoms with Gasteiger partial charge in [-0.2, -0.15) is 0 Å². The first-order chi connectivity index (χ1) is 12.5. The molecule has 0 aliphatic carbocycles. The maximum atomic E-state index is 12.0. The molecule has 0 aliphatic rings. The molecule has 0 radical (unpaired) electrons. The van der Waals surface area contributed by atoms with Crippen molar-refractivity contribution >= 4 is 12.1 Å². The lowest BCUT2D eigenvalue weighted by atomic mass is 10.0. The predicted molar refractivity (Wildman–Crippen MR) is 102 cm³/mol. The van der Waals surface area contributed by atoms with Crippen molar-refractivity contribution in [2.45, 2.75) is 59.1 Å². The van der Waals surface area contributed by atoms with E-state index in [9.17, 15) is 14.7 Å². The molecule has 1 aromatic carbocycles. The van der Waals surface area contributed by atoms with Crippen molar-refractivity contribution in [3.8, 4) is 11.5 Å². The molecule has 152 valence electrons. The van der Waals surface area contributed by atoms with Crippen LogP contribution in [0.2, 0.25) is 0 Å². The van der Waals surface area contributed by atoms with Crippen molar-refractivity contribution in [1.29, 1.82) is 0 Å². The lowest BCUT2D eigenvalue weighted by Crippen LogP contribution is -2.44. The number of benzene rings is 1. The summed E-state index contributed by atoms with van der Waals surface area (Å²) < 4.78 is 16.4. The second-order valence-corrected chi connectivity index (χ2v) is 7.72. The largest absolute Gasteiger partial charge is 0.493 e. The quantitative estimate of drug-likeness (QED) is 0.678. The van der Waals surface area contributed by atoms with E-state index in [1.807, 2.05) is 0 Å². The number of nitrogens with one attached hydrogen (secondary N) is 1. The van der Waals surface area contributed by atoms with Crippen molar-refractivity contribution < 1.29 is 28.9 Å². The van der Waals surface area contributed by atoms with Crippen LogP contribution in [0.5, 0.6) is 11.5 Å². The van der Waals surface area contributed by atoms with Gasteiger partial charge in [0.1, 0.15) is 11.6 Å². The number of aliphatic carboxylic acids is 1. The summed E-state index contributed by atoms with van der Waals surface area (Å²) in [4.78, 5) is 23.6. The van der Waals surface area contributed by atoms with Gasteiger partial charge in [-0.25, -0.2) is 9.59 Å². The van der Waals surface area contributed by atoms with Crippen LogP contribution in [0.4, 0.5) is 4.79 Å². The number of carboxylic acid groups (broad SMARTS) is 1. The molecule has 1 amide bonds. The van der Waals surface area contributed by atoms with Crippen LogP contribution in [0.3, 0.4) is 0 Å². The van der Waals surface area contributed by atoms with Crippen LogP contribution in [0.25, 0.3) is 0 Å². The number of carbonyl (C=O) groups excluding carboxylic acids is 1. The molecule has 1 unspecified atom stereocenters. The van der Waals surface area contributed by atoms with Gasteiger partial charge in [-0.15, -0.1) is 0 Å². The lowest BCUT2D eigenvalue weighted by molar-refractivity contribution is -0.139. The fraction of sp³-hybridized carbons (Fsp3) is 0.600. The summed E-state index contributed by atoms with van der Waals surface area (Å²) in [5.74, 6) is 0.344. The van der Waals surface area contributed by atoms with E-state index in [1.165, 1.54) is 7.11 Å². The molecule has 1 atom stereocenters. The van der Waals surface area contributed by atoms with Gasteiger partial charge in [-0.05, 0) is 39.2 Å². The topological polar surface area (TPSA) is 94.1 Å². The first-order valence-electron chi connectivity index (χ1n) is 9.04. The summed E-state index contributed by atoms with van der Waals surface area (Å²) in [6.45, 7) is 9.82. The second kappa shape index (κ2) is 10.0. The average Bonchev–Trinajstić information content (AvgIpc) is 2.53. The molecular formula is C20H31NO6. The Kier molecular flexibility index (Phi) is 8.40. The molecule has 1 rings (SSSR count). The van der Waals surface area contributed by atoms with Gasteiger partial charge in [0, 0.05) is 12.0 Å². The lowest BCUT2D eigenvalue weighted by Gasteiger charge is -2.23. The Morgan fingerprint density at radius 3 is 2.41 bits per heavy atom. The molecule has 7 nitrogen and oxygen atoms in total. The predicted octanol–water partition coefficient (Wildman–Crippen LogP) is 3.64. The van der Waals surface area contributed by atoms with E-state index in [0.717, 1.165) is 6.42 Å². The summed E-state index contributed by atoms with van der Waals surface area (Å²) in [6, 6.07) is 4.13. The molecule has 0 aliphatic heterocycles. The summed E-state index contributed by atoms with van der Waals surface area (Å²) in [7, 11) is 1.53. The number of hydrogen-bond acceptors (Lipinski definition) is 5. The van der Waals surface area contributed by atoms with Gasteiger partial charge in [-0.1, -0.05) is 26.0 Å². The number of amides is 1. The van der Waals surface area contributed by atoms with E-state index in [-0.39, 0.29) is 6.42 Å². The van der Waals surface area contributed by atoms with Crippen LogP contribution in [0.1, 0.15) is 46.6 Å². The number of carbonyl (C=O) groups is 2. The molecule has 7 heteroatoms. The highest BCUT2D eigenvalue weighted by Gasteiger charge is 2.26. The maximum absolute atomic E-state index is 12.0. The summed E-state index contributed by atoms with van der Waals surface area (Å²) in [5.41, 5.74) is -0.0737. The Morgan fingerprint density at radius 2 is 1.89 bits per heavy atom.